The van der Waals surface area contributed by atoms with Gasteiger partial charge in [0.25, 0.3) is 0 Å². The number of fused-ring (bicyclic) bond motifs is 1. The van der Waals surface area contributed by atoms with Crippen LogP contribution in [0.5, 0.6) is 0 Å². The van der Waals surface area contributed by atoms with Crippen LogP contribution in [0.25, 0.3) is 28.0 Å². The zero-order valence-corrected chi connectivity index (χ0v) is 15.8. The van der Waals surface area contributed by atoms with Crippen LogP contribution in [0, 0.1) is 12.7 Å². The quantitative estimate of drug-likeness (QED) is 0.518. The lowest BCUT2D eigenvalue weighted by atomic mass is 10.0. The van der Waals surface area contributed by atoms with Crippen molar-refractivity contribution in [3.05, 3.63) is 65.3 Å². The van der Waals surface area contributed by atoms with Gasteiger partial charge < -0.3 is 14.4 Å². The standard InChI is InChI=1S/C21H18FN3O4/c1-3-28-21(27)16-9-18-19(17-8-15(11-26)29-24-17)20(23-25(18)10-12(16)2)13-4-6-14(22)7-5-13/h4-10,26H,3,11H2,1-2H3. The molecule has 8 heteroatoms. The highest BCUT2D eigenvalue weighted by Crippen LogP contribution is 2.36. The van der Waals surface area contributed by atoms with Gasteiger partial charge >= 0.3 is 5.97 Å². The number of aromatic nitrogens is 3. The normalized spacial score (nSPS) is 11.2. The summed E-state index contributed by atoms with van der Waals surface area (Å²) >= 11 is 0. The zero-order valence-electron chi connectivity index (χ0n) is 15.8. The van der Waals surface area contributed by atoms with Crippen molar-refractivity contribution in [2.45, 2.75) is 20.5 Å². The van der Waals surface area contributed by atoms with E-state index in [1.807, 2.05) is 0 Å². The number of ether oxygens (including phenoxy) is 1. The molecule has 148 valence electrons. The summed E-state index contributed by atoms with van der Waals surface area (Å²) in [6, 6.07) is 9.23. The molecular weight excluding hydrogens is 377 g/mol. The number of aliphatic hydroxyl groups excluding tert-OH is 1. The number of nitrogens with zero attached hydrogens (tertiary/aromatic N) is 3. The van der Waals surface area contributed by atoms with Crippen molar-refractivity contribution < 1.29 is 23.6 Å². The molecule has 1 aromatic carbocycles. The third kappa shape index (κ3) is 3.38. The Morgan fingerprint density at radius 2 is 2.03 bits per heavy atom. The first-order valence-corrected chi connectivity index (χ1v) is 9.04. The molecule has 4 aromatic rings. The highest BCUT2D eigenvalue weighted by Gasteiger charge is 2.22. The number of aryl methyl sites for hydroxylation is 1. The average molecular weight is 395 g/mol. The molecule has 0 spiro atoms. The van der Waals surface area contributed by atoms with E-state index >= 15 is 0 Å². The van der Waals surface area contributed by atoms with Crippen LogP contribution in [0.4, 0.5) is 4.39 Å². The van der Waals surface area contributed by atoms with Crippen LogP contribution in [0.3, 0.4) is 0 Å². The van der Waals surface area contributed by atoms with Gasteiger partial charge in [0.05, 0.1) is 23.3 Å². The van der Waals surface area contributed by atoms with Gasteiger partial charge in [-0.05, 0) is 49.7 Å². The molecule has 29 heavy (non-hydrogen) atoms. The monoisotopic (exact) mass is 395 g/mol. The third-order valence-electron chi connectivity index (χ3n) is 4.55. The summed E-state index contributed by atoms with van der Waals surface area (Å²) in [6.07, 6.45) is 1.73. The number of esters is 1. The molecule has 0 atom stereocenters. The molecule has 0 saturated heterocycles. The number of benzene rings is 1. The van der Waals surface area contributed by atoms with Crippen LogP contribution >= 0.6 is 0 Å². The summed E-state index contributed by atoms with van der Waals surface area (Å²) in [4.78, 5) is 12.4. The van der Waals surface area contributed by atoms with Crippen molar-refractivity contribution in [1.29, 1.82) is 0 Å². The van der Waals surface area contributed by atoms with Crippen molar-refractivity contribution in [2.24, 2.45) is 0 Å². The van der Waals surface area contributed by atoms with Gasteiger partial charge in [0.15, 0.2) is 5.76 Å². The first kappa shape index (κ1) is 18.8. The summed E-state index contributed by atoms with van der Waals surface area (Å²) in [5.41, 5.74) is 3.99. The molecule has 0 aliphatic rings. The highest BCUT2D eigenvalue weighted by atomic mass is 19.1. The molecule has 0 fully saturated rings. The van der Waals surface area contributed by atoms with Crippen LogP contribution in [0.1, 0.15) is 28.6 Å². The summed E-state index contributed by atoms with van der Waals surface area (Å²) in [7, 11) is 0. The van der Waals surface area contributed by atoms with E-state index in [2.05, 4.69) is 10.3 Å². The van der Waals surface area contributed by atoms with E-state index in [0.717, 1.165) is 0 Å². The molecular formula is C21H18FN3O4. The number of rotatable bonds is 5. The van der Waals surface area contributed by atoms with Gasteiger partial charge in [-0.25, -0.2) is 13.7 Å². The average Bonchev–Trinajstić information content (AvgIpc) is 3.31. The van der Waals surface area contributed by atoms with E-state index in [9.17, 15) is 14.3 Å². The predicted octanol–water partition coefficient (Wildman–Crippen LogP) is 3.77. The van der Waals surface area contributed by atoms with Crippen LogP contribution in [-0.4, -0.2) is 32.5 Å². The second-order valence-electron chi connectivity index (χ2n) is 6.49. The van der Waals surface area contributed by atoms with E-state index < -0.39 is 5.97 Å². The fraction of sp³-hybridized carbons (Fsp3) is 0.190. The lowest BCUT2D eigenvalue weighted by Gasteiger charge is -2.06. The van der Waals surface area contributed by atoms with Crippen LogP contribution in [0.15, 0.2) is 47.1 Å². The van der Waals surface area contributed by atoms with Gasteiger partial charge in [0, 0.05) is 17.8 Å². The van der Waals surface area contributed by atoms with Crippen molar-refractivity contribution in [2.75, 3.05) is 6.61 Å². The number of carbonyl (C=O) groups excluding carboxylic acids is 1. The Morgan fingerprint density at radius 3 is 2.69 bits per heavy atom. The van der Waals surface area contributed by atoms with Gasteiger partial charge in [-0.3, -0.25) is 0 Å². The first-order chi connectivity index (χ1) is 14.0. The third-order valence-corrected chi connectivity index (χ3v) is 4.55. The van der Waals surface area contributed by atoms with Gasteiger partial charge in [-0.15, -0.1) is 0 Å². The maximum atomic E-state index is 13.4. The molecule has 0 unspecified atom stereocenters. The van der Waals surface area contributed by atoms with Gasteiger partial charge in [0.1, 0.15) is 23.8 Å². The van der Waals surface area contributed by atoms with Gasteiger partial charge in [-0.1, -0.05) is 5.16 Å². The zero-order chi connectivity index (χ0) is 20.5. The minimum Gasteiger partial charge on any atom is -0.462 e. The van der Waals surface area contributed by atoms with E-state index in [1.165, 1.54) is 12.1 Å². The molecule has 0 amide bonds. The van der Waals surface area contributed by atoms with E-state index in [0.29, 0.717) is 44.9 Å². The number of hydrogen-bond donors (Lipinski definition) is 1. The SMILES string of the molecule is CCOC(=O)c1cc2c(-c3cc(CO)on3)c(-c3ccc(F)cc3)nn2cc1C. The molecule has 4 rings (SSSR count). The molecule has 0 radical (unpaired) electrons. The Balaban J connectivity index is 2.00. The van der Waals surface area contributed by atoms with E-state index in [-0.39, 0.29) is 19.0 Å². The summed E-state index contributed by atoms with van der Waals surface area (Å²) in [5.74, 6) is -0.496. The molecule has 0 aliphatic heterocycles. The lowest BCUT2D eigenvalue weighted by molar-refractivity contribution is 0.0525. The smallest absolute Gasteiger partial charge is 0.338 e. The molecule has 3 aromatic heterocycles. The van der Waals surface area contributed by atoms with Crippen LogP contribution < -0.4 is 0 Å². The second kappa shape index (κ2) is 7.48. The van der Waals surface area contributed by atoms with Gasteiger partial charge in [0.2, 0.25) is 0 Å². The summed E-state index contributed by atoms with van der Waals surface area (Å²) < 4.78 is 25.4. The Bertz CT molecular complexity index is 1190. The number of aliphatic hydroxyl groups is 1. The van der Waals surface area contributed by atoms with E-state index in [1.54, 1.807) is 48.8 Å². The Kier molecular flexibility index (Phi) is 4.85. The number of pyridine rings is 1. The Hall–Kier alpha value is -3.52. The Morgan fingerprint density at radius 1 is 1.28 bits per heavy atom. The molecule has 3 heterocycles. The first-order valence-electron chi connectivity index (χ1n) is 9.04. The molecule has 1 N–H and O–H groups in total. The summed E-state index contributed by atoms with van der Waals surface area (Å²) in [5, 5.41) is 18.0. The number of halogens is 1. The fourth-order valence-corrected chi connectivity index (χ4v) is 3.18. The van der Waals surface area contributed by atoms with Crippen LogP contribution in [-0.2, 0) is 11.3 Å². The second-order valence-corrected chi connectivity index (χ2v) is 6.49. The summed E-state index contributed by atoms with van der Waals surface area (Å²) in [6.45, 7) is 3.50. The maximum absolute atomic E-state index is 13.4. The number of hydrogen-bond acceptors (Lipinski definition) is 6. The van der Waals surface area contributed by atoms with Crippen molar-refractivity contribution in [3.8, 4) is 22.5 Å². The molecule has 0 bridgehead atoms. The predicted molar refractivity (Wildman–Crippen MR) is 103 cm³/mol. The maximum Gasteiger partial charge on any atom is 0.338 e. The van der Waals surface area contributed by atoms with E-state index in [4.69, 9.17) is 9.26 Å². The molecule has 0 saturated carbocycles. The highest BCUT2D eigenvalue weighted by molar-refractivity contribution is 5.97. The number of carbonyl (C=O) groups is 1. The van der Waals surface area contributed by atoms with Crippen molar-refractivity contribution in [3.63, 3.8) is 0 Å². The van der Waals surface area contributed by atoms with Crippen molar-refractivity contribution >= 4 is 11.5 Å². The minimum absolute atomic E-state index is 0.263. The molecule has 7 nitrogen and oxygen atoms in total. The lowest BCUT2D eigenvalue weighted by Crippen LogP contribution is -2.08. The Labute approximate surface area is 165 Å². The largest absolute Gasteiger partial charge is 0.462 e. The topological polar surface area (TPSA) is 89.9 Å². The fourth-order valence-electron chi connectivity index (χ4n) is 3.18. The van der Waals surface area contributed by atoms with Crippen molar-refractivity contribution in [1.82, 2.24) is 14.8 Å². The minimum atomic E-state index is -0.431. The molecule has 0 aliphatic carbocycles. The van der Waals surface area contributed by atoms with Crippen LogP contribution in [0.2, 0.25) is 0 Å². The van der Waals surface area contributed by atoms with Gasteiger partial charge in [-0.2, -0.15) is 5.10 Å².